The molecular formula is C13H15NO2. The minimum absolute atomic E-state index is 0.288. The fraction of sp³-hybridized carbons (Fsp3) is 0.308. The molecule has 1 heterocycles. The third-order valence-electron chi connectivity index (χ3n) is 2.37. The molecule has 0 unspecified atom stereocenters. The lowest BCUT2D eigenvalue weighted by Gasteiger charge is -1.99. The van der Waals surface area contributed by atoms with E-state index >= 15 is 0 Å². The van der Waals surface area contributed by atoms with Gasteiger partial charge in [-0.3, -0.25) is 0 Å². The summed E-state index contributed by atoms with van der Waals surface area (Å²) < 4.78 is 10.8. The van der Waals surface area contributed by atoms with Crippen molar-refractivity contribution in [2.75, 3.05) is 7.11 Å². The third-order valence-corrected chi connectivity index (χ3v) is 2.37. The Morgan fingerprint density at radius 2 is 1.88 bits per heavy atom. The van der Waals surface area contributed by atoms with Crippen molar-refractivity contribution in [1.29, 1.82) is 0 Å². The van der Waals surface area contributed by atoms with Crippen LogP contribution in [0.4, 0.5) is 0 Å². The van der Waals surface area contributed by atoms with Crippen LogP contribution in [0.2, 0.25) is 0 Å². The van der Waals surface area contributed by atoms with Gasteiger partial charge < -0.3 is 9.15 Å². The molecule has 0 saturated carbocycles. The average molecular weight is 217 g/mol. The summed E-state index contributed by atoms with van der Waals surface area (Å²) in [4.78, 5) is 4.46. The molecule has 1 aromatic heterocycles. The van der Waals surface area contributed by atoms with Gasteiger partial charge in [-0.15, -0.1) is 0 Å². The summed E-state index contributed by atoms with van der Waals surface area (Å²) in [5.74, 6) is 1.41. The lowest BCUT2D eigenvalue weighted by molar-refractivity contribution is 0.303. The first-order chi connectivity index (χ1) is 7.72. The van der Waals surface area contributed by atoms with Crippen molar-refractivity contribution in [3.63, 3.8) is 0 Å². The number of rotatable bonds is 3. The minimum Gasteiger partial charge on any atom is -0.467 e. The van der Waals surface area contributed by atoms with Gasteiger partial charge in [0.2, 0.25) is 5.89 Å². The number of hydrogen-bond acceptors (Lipinski definition) is 3. The number of methoxy groups -OCH3 is 1. The molecular weight excluding hydrogens is 202 g/mol. The maximum Gasteiger partial charge on any atom is 0.308 e. The number of benzene rings is 1. The Hall–Kier alpha value is -1.77. The Balaban J connectivity index is 2.44. The molecule has 1 aromatic carbocycles. The van der Waals surface area contributed by atoms with E-state index in [0.29, 0.717) is 11.8 Å². The van der Waals surface area contributed by atoms with Crippen LogP contribution in [0.15, 0.2) is 34.7 Å². The average Bonchev–Trinajstić information content (AvgIpc) is 2.74. The Morgan fingerprint density at radius 1 is 1.19 bits per heavy atom. The third kappa shape index (κ3) is 1.94. The van der Waals surface area contributed by atoms with Crippen molar-refractivity contribution in [1.82, 2.24) is 4.98 Å². The highest BCUT2D eigenvalue weighted by Gasteiger charge is 2.17. The lowest BCUT2D eigenvalue weighted by atomic mass is 10.1. The van der Waals surface area contributed by atoms with Gasteiger partial charge in [0.25, 0.3) is 0 Å². The fourth-order valence-corrected chi connectivity index (χ4v) is 1.53. The van der Waals surface area contributed by atoms with Crippen LogP contribution < -0.4 is 4.74 Å². The molecule has 0 bridgehead atoms. The van der Waals surface area contributed by atoms with Gasteiger partial charge in [0, 0.05) is 11.5 Å². The molecule has 84 valence electrons. The maximum atomic E-state index is 5.58. The van der Waals surface area contributed by atoms with Gasteiger partial charge in [0.1, 0.15) is 5.69 Å². The second-order valence-corrected chi connectivity index (χ2v) is 3.92. The molecule has 0 aliphatic heterocycles. The molecule has 0 amide bonds. The highest BCUT2D eigenvalue weighted by Crippen LogP contribution is 2.31. The summed E-state index contributed by atoms with van der Waals surface area (Å²) in [6, 6.07) is 9.82. The normalized spacial score (nSPS) is 10.8. The van der Waals surface area contributed by atoms with Gasteiger partial charge in [-0.2, -0.15) is 0 Å². The number of hydrogen-bond donors (Lipinski definition) is 0. The molecule has 2 aromatic rings. The molecule has 0 atom stereocenters. The minimum atomic E-state index is 0.288. The largest absolute Gasteiger partial charge is 0.467 e. The van der Waals surface area contributed by atoms with Crippen molar-refractivity contribution < 1.29 is 9.15 Å². The van der Waals surface area contributed by atoms with Crippen LogP contribution in [0.1, 0.15) is 25.5 Å². The first-order valence-corrected chi connectivity index (χ1v) is 5.32. The lowest BCUT2D eigenvalue weighted by Crippen LogP contribution is -1.91. The van der Waals surface area contributed by atoms with Crippen LogP contribution in [-0.2, 0) is 0 Å². The number of nitrogens with zero attached hydrogens (tertiary/aromatic N) is 1. The highest BCUT2D eigenvalue weighted by atomic mass is 16.6. The summed E-state index contributed by atoms with van der Waals surface area (Å²) in [6.07, 6.45) is 0. The van der Waals surface area contributed by atoms with Gasteiger partial charge in [0.05, 0.1) is 7.11 Å². The van der Waals surface area contributed by atoms with E-state index in [4.69, 9.17) is 9.15 Å². The molecule has 0 saturated heterocycles. The van der Waals surface area contributed by atoms with Gasteiger partial charge >= 0.3 is 5.95 Å². The van der Waals surface area contributed by atoms with Crippen LogP contribution in [-0.4, -0.2) is 12.1 Å². The van der Waals surface area contributed by atoms with E-state index in [9.17, 15) is 0 Å². The van der Waals surface area contributed by atoms with Crippen LogP contribution in [0, 0.1) is 0 Å². The predicted octanol–water partition coefficient (Wildman–Crippen LogP) is 3.47. The van der Waals surface area contributed by atoms with Crippen molar-refractivity contribution in [2.24, 2.45) is 0 Å². The summed E-state index contributed by atoms with van der Waals surface area (Å²) in [5.41, 5.74) is 1.83. The zero-order valence-electron chi connectivity index (χ0n) is 9.73. The molecule has 0 radical (unpaired) electrons. The molecule has 0 spiro atoms. The number of ether oxygens (including phenoxy) is 1. The van der Waals surface area contributed by atoms with Gasteiger partial charge in [-0.1, -0.05) is 32.0 Å². The molecule has 3 heteroatoms. The molecule has 16 heavy (non-hydrogen) atoms. The number of oxazole rings is 1. The predicted molar refractivity (Wildman–Crippen MR) is 62.6 cm³/mol. The molecule has 0 aliphatic carbocycles. The highest BCUT2D eigenvalue weighted by molar-refractivity contribution is 5.54. The molecule has 3 nitrogen and oxygen atoms in total. The summed E-state index contributed by atoms with van der Waals surface area (Å²) in [7, 11) is 1.60. The van der Waals surface area contributed by atoms with E-state index in [2.05, 4.69) is 18.8 Å². The molecule has 0 aliphatic rings. The van der Waals surface area contributed by atoms with Crippen LogP contribution in [0.5, 0.6) is 5.95 Å². The van der Waals surface area contributed by atoms with Crippen LogP contribution >= 0.6 is 0 Å². The summed E-state index contributed by atoms with van der Waals surface area (Å²) in [6.45, 7) is 4.13. The quantitative estimate of drug-likeness (QED) is 0.789. The second kappa shape index (κ2) is 4.39. The topological polar surface area (TPSA) is 35.3 Å². The van der Waals surface area contributed by atoms with E-state index in [1.54, 1.807) is 7.11 Å². The molecule has 0 fully saturated rings. The SMILES string of the molecule is COc1oc(-c2ccccc2)nc1C(C)C. The Morgan fingerprint density at radius 3 is 2.38 bits per heavy atom. The Kier molecular flexibility index (Phi) is 2.95. The monoisotopic (exact) mass is 217 g/mol. The van der Waals surface area contributed by atoms with Crippen LogP contribution in [0.25, 0.3) is 11.5 Å². The molecule has 0 N–H and O–H groups in total. The van der Waals surface area contributed by atoms with Crippen LogP contribution in [0.3, 0.4) is 0 Å². The zero-order chi connectivity index (χ0) is 11.5. The standard InChI is InChI=1S/C13H15NO2/c1-9(2)11-13(15-3)16-12(14-11)10-7-5-4-6-8-10/h4-9H,1-3H3. The first kappa shape index (κ1) is 10.7. The summed E-state index contributed by atoms with van der Waals surface area (Å²) in [5, 5.41) is 0. The van der Waals surface area contributed by atoms with E-state index in [-0.39, 0.29) is 5.92 Å². The van der Waals surface area contributed by atoms with Crippen molar-refractivity contribution in [3.05, 3.63) is 36.0 Å². The van der Waals surface area contributed by atoms with E-state index in [0.717, 1.165) is 11.3 Å². The van der Waals surface area contributed by atoms with E-state index in [1.807, 2.05) is 30.3 Å². The first-order valence-electron chi connectivity index (χ1n) is 5.32. The fourth-order valence-electron chi connectivity index (χ4n) is 1.53. The number of aromatic nitrogens is 1. The van der Waals surface area contributed by atoms with Gasteiger partial charge in [-0.25, -0.2) is 4.98 Å². The maximum absolute atomic E-state index is 5.58. The van der Waals surface area contributed by atoms with Gasteiger partial charge in [0.15, 0.2) is 0 Å². The second-order valence-electron chi connectivity index (χ2n) is 3.92. The van der Waals surface area contributed by atoms with Gasteiger partial charge in [-0.05, 0) is 12.1 Å². The van der Waals surface area contributed by atoms with Crippen molar-refractivity contribution >= 4 is 0 Å². The molecule has 2 rings (SSSR count). The van der Waals surface area contributed by atoms with Crippen molar-refractivity contribution in [3.8, 4) is 17.4 Å². The zero-order valence-corrected chi connectivity index (χ0v) is 9.73. The van der Waals surface area contributed by atoms with Crippen molar-refractivity contribution in [2.45, 2.75) is 19.8 Å². The Bertz CT molecular complexity index is 460. The van der Waals surface area contributed by atoms with E-state index in [1.165, 1.54) is 0 Å². The van der Waals surface area contributed by atoms with E-state index < -0.39 is 0 Å². The smallest absolute Gasteiger partial charge is 0.308 e. The summed E-state index contributed by atoms with van der Waals surface area (Å²) >= 11 is 0. The Labute approximate surface area is 95.1 Å².